The molecule has 1 aromatic carbocycles. The van der Waals surface area contributed by atoms with Crippen molar-refractivity contribution in [1.29, 1.82) is 0 Å². The standard InChI is InChI=1S/C19H30BNO3/c1-18(2)19(3,4)24-20(23-18)16-8-10-17(11-9-16)22-15-14-21-12-6-5-7-13-21/h8-11H,5-7,12-15H2,1-4H3. The average molecular weight is 331 g/mol. The molecule has 132 valence electrons. The second-order valence-electron chi connectivity index (χ2n) is 7.91. The maximum atomic E-state index is 6.08. The zero-order valence-corrected chi connectivity index (χ0v) is 15.5. The molecule has 2 aliphatic rings. The average Bonchev–Trinajstić information content (AvgIpc) is 2.77. The topological polar surface area (TPSA) is 30.9 Å². The van der Waals surface area contributed by atoms with Crippen LogP contribution in [-0.2, 0) is 9.31 Å². The lowest BCUT2D eigenvalue weighted by Gasteiger charge is -2.32. The SMILES string of the molecule is CC1(C)OB(c2ccc(OCCN3CCCCC3)cc2)OC1(C)C. The number of benzene rings is 1. The second-order valence-corrected chi connectivity index (χ2v) is 7.91. The van der Waals surface area contributed by atoms with Crippen LogP contribution < -0.4 is 10.2 Å². The van der Waals surface area contributed by atoms with Crippen LogP contribution >= 0.6 is 0 Å². The van der Waals surface area contributed by atoms with Crippen molar-refractivity contribution in [3.05, 3.63) is 24.3 Å². The number of hydrogen-bond donors (Lipinski definition) is 0. The highest BCUT2D eigenvalue weighted by Crippen LogP contribution is 2.36. The van der Waals surface area contributed by atoms with E-state index in [1.54, 1.807) is 0 Å². The Morgan fingerprint density at radius 3 is 2.12 bits per heavy atom. The molecule has 2 heterocycles. The smallest absolute Gasteiger partial charge is 0.492 e. The van der Waals surface area contributed by atoms with E-state index in [0.29, 0.717) is 0 Å². The number of nitrogens with zero attached hydrogens (tertiary/aromatic N) is 1. The molecule has 2 saturated heterocycles. The van der Waals surface area contributed by atoms with E-state index in [1.807, 2.05) is 24.3 Å². The molecule has 0 aliphatic carbocycles. The number of piperidine rings is 1. The highest BCUT2D eigenvalue weighted by Gasteiger charge is 2.51. The molecule has 3 rings (SSSR count). The zero-order valence-electron chi connectivity index (χ0n) is 15.5. The molecule has 1 aromatic rings. The first-order valence-electron chi connectivity index (χ1n) is 9.18. The van der Waals surface area contributed by atoms with Gasteiger partial charge in [0.05, 0.1) is 11.2 Å². The van der Waals surface area contributed by atoms with E-state index in [4.69, 9.17) is 14.0 Å². The number of hydrogen-bond acceptors (Lipinski definition) is 4. The first-order valence-corrected chi connectivity index (χ1v) is 9.18. The lowest BCUT2D eigenvalue weighted by Crippen LogP contribution is -2.41. The molecule has 5 heteroatoms. The van der Waals surface area contributed by atoms with Gasteiger partial charge < -0.3 is 14.0 Å². The van der Waals surface area contributed by atoms with Crippen LogP contribution in [0.1, 0.15) is 47.0 Å². The van der Waals surface area contributed by atoms with Gasteiger partial charge in [-0.1, -0.05) is 18.6 Å². The van der Waals surface area contributed by atoms with Crippen LogP contribution in [0, 0.1) is 0 Å². The van der Waals surface area contributed by atoms with Gasteiger partial charge in [-0.05, 0) is 71.2 Å². The molecule has 2 aliphatic heterocycles. The quantitative estimate of drug-likeness (QED) is 0.777. The van der Waals surface area contributed by atoms with Gasteiger partial charge in [-0.25, -0.2) is 0 Å². The molecule has 0 aromatic heterocycles. The molecule has 4 nitrogen and oxygen atoms in total. The Bertz CT molecular complexity index is 522. The van der Waals surface area contributed by atoms with Crippen LogP contribution in [0.2, 0.25) is 0 Å². The van der Waals surface area contributed by atoms with Gasteiger partial charge in [0, 0.05) is 6.54 Å². The normalized spacial score (nSPS) is 23.4. The van der Waals surface area contributed by atoms with Crippen molar-refractivity contribution >= 4 is 12.6 Å². The van der Waals surface area contributed by atoms with Gasteiger partial charge in [0.25, 0.3) is 0 Å². The van der Waals surface area contributed by atoms with Gasteiger partial charge in [0.1, 0.15) is 12.4 Å². The third kappa shape index (κ3) is 3.96. The highest BCUT2D eigenvalue weighted by atomic mass is 16.7. The summed E-state index contributed by atoms with van der Waals surface area (Å²) in [7, 11) is -0.308. The van der Waals surface area contributed by atoms with Crippen molar-refractivity contribution in [2.45, 2.75) is 58.2 Å². The van der Waals surface area contributed by atoms with E-state index in [-0.39, 0.29) is 18.3 Å². The summed E-state index contributed by atoms with van der Waals surface area (Å²) in [5.41, 5.74) is 0.430. The highest BCUT2D eigenvalue weighted by molar-refractivity contribution is 6.62. The Kier molecular flexibility index (Phi) is 5.23. The van der Waals surface area contributed by atoms with Crippen molar-refractivity contribution in [2.75, 3.05) is 26.2 Å². The summed E-state index contributed by atoms with van der Waals surface area (Å²) in [4.78, 5) is 2.49. The molecule has 0 saturated carbocycles. The van der Waals surface area contributed by atoms with E-state index in [2.05, 4.69) is 32.6 Å². The summed E-state index contributed by atoms with van der Waals surface area (Å²) < 4.78 is 18.0. The van der Waals surface area contributed by atoms with Gasteiger partial charge in [0.2, 0.25) is 0 Å². The minimum atomic E-state index is -0.308. The van der Waals surface area contributed by atoms with Gasteiger partial charge in [-0.3, -0.25) is 4.90 Å². The van der Waals surface area contributed by atoms with Gasteiger partial charge >= 0.3 is 7.12 Å². The summed E-state index contributed by atoms with van der Waals surface area (Å²) in [6.45, 7) is 12.5. The molecule has 0 N–H and O–H groups in total. The summed E-state index contributed by atoms with van der Waals surface area (Å²) in [5, 5.41) is 0. The number of ether oxygens (including phenoxy) is 1. The summed E-state index contributed by atoms with van der Waals surface area (Å²) in [5.74, 6) is 0.910. The van der Waals surface area contributed by atoms with Crippen molar-refractivity contribution in [2.24, 2.45) is 0 Å². The van der Waals surface area contributed by atoms with Crippen LogP contribution in [0.15, 0.2) is 24.3 Å². The first-order chi connectivity index (χ1) is 11.4. The van der Waals surface area contributed by atoms with Crippen LogP contribution in [0.25, 0.3) is 0 Å². The minimum absolute atomic E-state index is 0.304. The van der Waals surface area contributed by atoms with Crippen molar-refractivity contribution in [3.63, 3.8) is 0 Å². The minimum Gasteiger partial charge on any atom is -0.492 e. The van der Waals surface area contributed by atoms with Gasteiger partial charge in [0.15, 0.2) is 0 Å². The molecule has 0 unspecified atom stereocenters. The fourth-order valence-electron chi connectivity index (χ4n) is 3.18. The summed E-state index contributed by atoms with van der Waals surface area (Å²) >= 11 is 0. The van der Waals surface area contributed by atoms with Gasteiger partial charge in [-0.2, -0.15) is 0 Å². The van der Waals surface area contributed by atoms with E-state index in [0.717, 1.165) is 24.4 Å². The molecule has 0 atom stereocenters. The largest absolute Gasteiger partial charge is 0.494 e. The molecule has 0 bridgehead atoms. The van der Waals surface area contributed by atoms with E-state index < -0.39 is 0 Å². The monoisotopic (exact) mass is 331 g/mol. The zero-order chi connectivity index (χ0) is 17.2. The summed E-state index contributed by atoms with van der Waals surface area (Å²) in [6.07, 6.45) is 4.02. The van der Waals surface area contributed by atoms with Crippen molar-refractivity contribution in [3.8, 4) is 5.75 Å². The molecule has 2 fully saturated rings. The number of likely N-dealkylation sites (tertiary alicyclic amines) is 1. The molecular formula is C19H30BNO3. The Balaban J connectivity index is 1.50. The predicted octanol–water partition coefficient (Wildman–Crippen LogP) is 2.85. The maximum absolute atomic E-state index is 6.08. The Hall–Kier alpha value is -1.04. The van der Waals surface area contributed by atoms with Crippen LogP contribution in [0.5, 0.6) is 5.75 Å². The molecule has 0 amide bonds. The number of rotatable bonds is 5. The third-order valence-corrected chi connectivity index (χ3v) is 5.53. The second kappa shape index (κ2) is 7.07. The van der Waals surface area contributed by atoms with Crippen LogP contribution in [0.3, 0.4) is 0 Å². The molecule has 0 radical (unpaired) electrons. The fraction of sp³-hybridized carbons (Fsp3) is 0.684. The lowest BCUT2D eigenvalue weighted by molar-refractivity contribution is 0.00578. The lowest BCUT2D eigenvalue weighted by atomic mass is 9.79. The van der Waals surface area contributed by atoms with Crippen LogP contribution in [0.4, 0.5) is 0 Å². The maximum Gasteiger partial charge on any atom is 0.494 e. The fourth-order valence-corrected chi connectivity index (χ4v) is 3.18. The van der Waals surface area contributed by atoms with Crippen molar-refractivity contribution < 1.29 is 14.0 Å². The van der Waals surface area contributed by atoms with Crippen molar-refractivity contribution in [1.82, 2.24) is 4.90 Å². The molecule has 24 heavy (non-hydrogen) atoms. The Morgan fingerprint density at radius 1 is 0.958 bits per heavy atom. The summed E-state index contributed by atoms with van der Waals surface area (Å²) in [6, 6.07) is 8.10. The Morgan fingerprint density at radius 2 is 1.54 bits per heavy atom. The Labute approximate surface area is 146 Å². The molecular weight excluding hydrogens is 301 g/mol. The van der Waals surface area contributed by atoms with E-state index >= 15 is 0 Å². The third-order valence-electron chi connectivity index (χ3n) is 5.53. The first kappa shape index (κ1) is 17.8. The van der Waals surface area contributed by atoms with E-state index in [9.17, 15) is 0 Å². The predicted molar refractivity (Wildman–Crippen MR) is 97.9 cm³/mol. The van der Waals surface area contributed by atoms with E-state index in [1.165, 1.54) is 32.4 Å². The molecule has 0 spiro atoms. The van der Waals surface area contributed by atoms with Gasteiger partial charge in [-0.15, -0.1) is 0 Å². The van der Waals surface area contributed by atoms with Crippen LogP contribution in [-0.4, -0.2) is 49.5 Å².